The number of rotatable bonds is 14. The molecule has 0 rings (SSSR count). The third-order valence-corrected chi connectivity index (χ3v) is 3.28. The van der Waals surface area contributed by atoms with E-state index in [9.17, 15) is 9.90 Å². The van der Waals surface area contributed by atoms with Crippen LogP contribution in [0.5, 0.6) is 0 Å². The molecule has 0 radical (unpaired) electrons. The minimum Gasteiger partial charge on any atom is -0.466 e. The molecule has 3 nitrogen and oxygen atoms in total. The van der Waals surface area contributed by atoms with Crippen LogP contribution in [-0.2, 0) is 9.53 Å². The molecule has 0 saturated carbocycles. The van der Waals surface area contributed by atoms with Gasteiger partial charge >= 0.3 is 5.97 Å². The molecular formula is C22H34O3. The van der Waals surface area contributed by atoms with Crippen LogP contribution in [0.3, 0.4) is 0 Å². The Bertz CT molecular complexity index is 456. The monoisotopic (exact) mass is 346 g/mol. The fraction of sp³-hybridized carbons (Fsp3) is 0.500. The van der Waals surface area contributed by atoms with Crippen LogP contribution in [0.25, 0.3) is 0 Å². The Balaban J connectivity index is 3.65. The predicted molar refractivity (Wildman–Crippen MR) is 106 cm³/mol. The van der Waals surface area contributed by atoms with Gasteiger partial charge in [0.25, 0.3) is 0 Å². The van der Waals surface area contributed by atoms with Gasteiger partial charge in [0, 0.05) is 6.42 Å². The molecule has 25 heavy (non-hydrogen) atoms. The third kappa shape index (κ3) is 18.3. The molecule has 0 aromatic heterocycles. The Hall–Kier alpha value is -1.87. The molecule has 1 N–H and O–H groups in total. The summed E-state index contributed by atoms with van der Waals surface area (Å²) in [6.45, 7) is 4.38. The van der Waals surface area contributed by atoms with Crippen molar-refractivity contribution in [2.75, 3.05) is 6.61 Å². The fourth-order valence-corrected chi connectivity index (χ4v) is 2.00. The standard InChI is InChI=1S/C22H34O3/c1-3-5-6-12-15-18-21(23)19-16-13-10-8-7-9-11-14-17-20-22(24)25-4-2/h5-6,8-11,15-16,18-19,21,23H,3-4,7,12-14,17,20H2,1-2H3. The van der Waals surface area contributed by atoms with Crippen LogP contribution in [0.4, 0.5) is 0 Å². The molecule has 0 aliphatic rings. The maximum Gasteiger partial charge on any atom is 0.305 e. The zero-order valence-electron chi connectivity index (χ0n) is 15.8. The summed E-state index contributed by atoms with van der Waals surface area (Å²) < 4.78 is 4.87. The first-order valence-corrected chi connectivity index (χ1v) is 9.32. The summed E-state index contributed by atoms with van der Waals surface area (Å²) in [4.78, 5) is 11.1. The highest BCUT2D eigenvalue weighted by Crippen LogP contribution is 2.01. The van der Waals surface area contributed by atoms with E-state index in [-0.39, 0.29) is 5.97 Å². The third-order valence-electron chi connectivity index (χ3n) is 3.28. The first kappa shape index (κ1) is 23.1. The number of ether oxygens (including phenoxy) is 1. The summed E-state index contributed by atoms with van der Waals surface area (Å²) in [5.41, 5.74) is 0. The number of esters is 1. The highest BCUT2D eigenvalue weighted by atomic mass is 16.5. The van der Waals surface area contributed by atoms with Crippen molar-refractivity contribution in [1.82, 2.24) is 0 Å². The molecule has 0 aromatic carbocycles. The number of hydrogen-bond acceptors (Lipinski definition) is 3. The zero-order valence-corrected chi connectivity index (χ0v) is 15.8. The van der Waals surface area contributed by atoms with Gasteiger partial charge in [-0.25, -0.2) is 0 Å². The SMILES string of the molecule is CCC=CCC=CC(O)C=CCC=CCC=CCCCC(=O)OCC. The van der Waals surface area contributed by atoms with E-state index in [0.29, 0.717) is 13.0 Å². The maximum absolute atomic E-state index is 11.1. The molecular weight excluding hydrogens is 312 g/mol. The molecule has 0 spiro atoms. The lowest BCUT2D eigenvalue weighted by Gasteiger charge is -1.98. The quantitative estimate of drug-likeness (QED) is 0.259. The molecule has 0 heterocycles. The molecule has 140 valence electrons. The van der Waals surface area contributed by atoms with Crippen LogP contribution in [-0.4, -0.2) is 23.8 Å². The summed E-state index contributed by atoms with van der Waals surface area (Å²) >= 11 is 0. The van der Waals surface area contributed by atoms with E-state index in [4.69, 9.17) is 4.74 Å². The van der Waals surface area contributed by atoms with E-state index < -0.39 is 6.10 Å². The topological polar surface area (TPSA) is 46.5 Å². The molecule has 0 saturated heterocycles. The van der Waals surface area contributed by atoms with E-state index in [0.717, 1.165) is 38.5 Å². The Morgan fingerprint density at radius 1 is 0.880 bits per heavy atom. The van der Waals surface area contributed by atoms with Gasteiger partial charge in [0.05, 0.1) is 12.7 Å². The van der Waals surface area contributed by atoms with E-state index in [1.807, 2.05) is 19.1 Å². The molecule has 1 unspecified atom stereocenters. The smallest absolute Gasteiger partial charge is 0.305 e. The van der Waals surface area contributed by atoms with Gasteiger partial charge in [0.15, 0.2) is 0 Å². The van der Waals surface area contributed by atoms with Crippen molar-refractivity contribution in [2.45, 2.75) is 64.9 Å². The van der Waals surface area contributed by atoms with Crippen molar-refractivity contribution in [3.8, 4) is 0 Å². The van der Waals surface area contributed by atoms with Gasteiger partial charge in [0.1, 0.15) is 0 Å². The van der Waals surface area contributed by atoms with Crippen LogP contribution >= 0.6 is 0 Å². The number of hydrogen-bond donors (Lipinski definition) is 1. The van der Waals surface area contributed by atoms with Gasteiger partial charge in [0.2, 0.25) is 0 Å². The molecule has 3 heteroatoms. The molecule has 0 fully saturated rings. The van der Waals surface area contributed by atoms with Crippen molar-refractivity contribution in [3.05, 3.63) is 60.8 Å². The van der Waals surface area contributed by atoms with Gasteiger partial charge < -0.3 is 9.84 Å². The number of allylic oxidation sites excluding steroid dienone is 8. The molecule has 0 aliphatic heterocycles. The van der Waals surface area contributed by atoms with Crippen LogP contribution < -0.4 is 0 Å². The first-order valence-electron chi connectivity index (χ1n) is 9.32. The average Bonchev–Trinajstić information content (AvgIpc) is 2.59. The van der Waals surface area contributed by atoms with Crippen LogP contribution in [0.1, 0.15) is 58.8 Å². The average molecular weight is 347 g/mol. The predicted octanol–water partition coefficient (Wildman–Crippen LogP) is 5.44. The van der Waals surface area contributed by atoms with Crippen molar-refractivity contribution in [1.29, 1.82) is 0 Å². The van der Waals surface area contributed by atoms with Crippen molar-refractivity contribution in [2.24, 2.45) is 0 Å². The number of carbonyl (C=O) groups excluding carboxylic acids is 1. The van der Waals surface area contributed by atoms with E-state index in [1.165, 1.54) is 0 Å². The first-order chi connectivity index (χ1) is 12.2. The summed E-state index contributed by atoms with van der Waals surface area (Å²) in [6, 6.07) is 0. The number of carbonyl (C=O) groups is 1. The van der Waals surface area contributed by atoms with Gasteiger partial charge in [-0.2, -0.15) is 0 Å². The van der Waals surface area contributed by atoms with Crippen LogP contribution in [0, 0.1) is 0 Å². The van der Waals surface area contributed by atoms with Gasteiger partial charge in [-0.15, -0.1) is 0 Å². The normalized spacial score (nSPS) is 13.9. The van der Waals surface area contributed by atoms with Gasteiger partial charge in [-0.05, 0) is 45.4 Å². The Kier molecular flexibility index (Phi) is 17.1. The Labute approximate surface area is 153 Å². The van der Waals surface area contributed by atoms with E-state index in [2.05, 4.69) is 43.4 Å². The Morgan fingerprint density at radius 2 is 1.44 bits per heavy atom. The largest absolute Gasteiger partial charge is 0.466 e. The van der Waals surface area contributed by atoms with Crippen LogP contribution in [0.15, 0.2) is 60.8 Å². The summed E-state index contributed by atoms with van der Waals surface area (Å²) in [6.07, 6.45) is 25.5. The molecule has 0 aromatic rings. The minimum absolute atomic E-state index is 0.114. The molecule has 0 bridgehead atoms. The maximum atomic E-state index is 11.1. The molecule has 1 atom stereocenters. The number of aliphatic hydroxyl groups excluding tert-OH is 1. The second-order valence-corrected chi connectivity index (χ2v) is 5.57. The van der Waals surface area contributed by atoms with Crippen LogP contribution in [0.2, 0.25) is 0 Å². The van der Waals surface area contributed by atoms with E-state index >= 15 is 0 Å². The van der Waals surface area contributed by atoms with Crippen molar-refractivity contribution in [3.63, 3.8) is 0 Å². The number of unbranched alkanes of at least 4 members (excludes halogenated alkanes) is 1. The lowest BCUT2D eigenvalue weighted by molar-refractivity contribution is -0.143. The van der Waals surface area contributed by atoms with Crippen molar-refractivity contribution < 1.29 is 14.6 Å². The second kappa shape index (κ2) is 18.5. The fourth-order valence-electron chi connectivity index (χ4n) is 2.00. The molecule has 0 aliphatic carbocycles. The van der Waals surface area contributed by atoms with Crippen molar-refractivity contribution >= 4 is 5.97 Å². The zero-order chi connectivity index (χ0) is 18.6. The number of aliphatic hydroxyl groups is 1. The molecule has 0 amide bonds. The minimum atomic E-state index is -0.511. The van der Waals surface area contributed by atoms with Gasteiger partial charge in [-0.3, -0.25) is 4.79 Å². The lowest BCUT2D eigenvalue weighted by Crippen LogP contribution is -2.02. The lowest BCUT2D eigenvalue weighted by atomic mass is 10.2. The highest BCUT2D eigenvalue weighted by molar-refractivity contribution is 5.69. The van der Waals surface area contributed by atoms with Gasteiger partial charge in [-0.1, -0.05) is 67.7 Å². The second-order valence-electron chi connectivity index (χ2n) is 5.57. The summed E-state index contributed by atoms with van der Waals surface area (Å²) in [5, 5.41) is 9.74. The summed E-state index contributed by atoms with van der Waals surface area (Å²) in [7, 11) is 0. The summed E-state index contributed by atoms with van der Waals surface area (Å²) in [5.74, 6) is -0.114. The Morgan fingerprint density at radius 3 is 2.04 bits per heavy atom. The van der Waals surface area contributed by atoms with E-state index in [1.54, 1.807) is 12.2 Å². The highest BCUT2D eigenvalue weighted by Gasteiger charge is 1.98.